The third-order valence-corrected chi connectivity index (χ3v) is 3.24. The van der Waals surface area contributed by atoms with E-state index >= 15 is 0 Å². The lowest BCUT2D eigenvalue weighted by Gasteiger charge is -2.14. The molecule has 110 valence electrons. The number of thioether (sulfide) groups is 1. The van der Waals surface area contributed by atoms with Crippen molar-refractivity contribution in [2.75, 3.05) is 12.0 Å². The number of amides is 1. The lowest BCUT2D eigenvalue weighted by molar-refractivity contribution is -0.141. The van der Waals surface area contributed by atoms with Crippen LogP contribution in [0.1, 0.15) is 12.0 Å². The molecule has 0 fully saturated rings. The first kappa shape index (κ1) is 16.4. The maximum absolute atomic E-state index is 13.0. The summed E-state index contributed by atoms with van der Waals surface area (Å²) < 4.78 is 25.7. The van der Waals surface area contributed by atoms with Crippen LogP contribution in [0.3, 0.4) is 0 Å². The van der Waals surface area contributed by atoms with E-state index < -0.39 is 29.6 Å². The number of hydrogen-bond donors (Lipinski definition) is 2. The van der Waals surface area contributed by atoms with Crippen LogP contribution in [-0.4, -0.2) is 35.0 Å². The minimum absolute atomic E-state index is 0.194. The number of benzene rings is 1. The molecule has 0 unspecified atom stereocenters. The predicted molar refractivity (Wildman–Crippen MR) is 72.6 cm³/mol. The first-order valence-corrected chi connectivity index (χ1v) is 7.28. The van der Waals surface area contributed by atoms with Gasteiger partial charge >= 0.3 is 5.97 Å². The van der Waals surface area contributed by atoms with E-state index in [0.717, 1.165) is 12.1 Å². The zero-order chi connectivity index (χ0) is 15.1. The third kappa shape index (κ3) is 5.16. The number of carbonyl (C=O) groups is 2. The topological polar surface area (TPSA) is 66.4 Å². The molecule has 0 bridgehead atoms. The first-order valence-electron chi connectivity index (χ1n) is 5.89. The van der Waals surface area contributed by atoms with Crippen molar-refractivity contribution in [1.29, 1.82) is 0 Å². The Morgan fingerprint density at radius 2 is 2.05 bits per heavy atom. The van der Waals surface area contributed by atoms with E-state index in [1.807, 2.05) is 6.26 Å². The number of hydrogen-bond acceptors (Lipinski definition) is 3. The molecule has 0 radical (unpaired) electrons. The van der Waals surface area contributed by atoms with E-state index in [-0.39, 0.29) is 12.0 Å². The molecule has 1 atom stereocenters. The summed E-state index contributed by atoms with van der Waals surface area (Å²) in [7, 11) is 0. The van der Waals surface area contributed by atoms with Gasteiger partial charge in [0.2, 0.25) is 5.91 Å². The number of carboxylic acids is 1. The largest absolute Gasteiger partial charge is 0.480 e. The van der Waals surface area contributed by atoms with Gasteiger partial charge in [0.15, 0.2) is 11.6 Å². The van der Waals surface area contributed by atoms with E-state index in [9.17, 15) is 18.4 Å². The van der Waals surface area contributed by atoms with Crippen molar-refractivity contribution in [2.24, 2.45) is 0 Å². The fourth-order valence-corrected chi connectivity index (χ4v) is 2.04. The van der Waals surface area contributed by atoms with Crippen LogP contribution in [-0.2, 0) is 16.0 Å². The van der Waals surface area contributed by atoms with Crippen molar-refractivity contribution in [3.05, 3.63) is 35.4 Å². The van der Waals surface area contributed by atoms with E-state index in [1.54, 1.807) is 0 Å². The summed E-state index contributed by atoms with van der Waals surface area (Å²) in [5, 5.41) is 11.3. The second kappa shape index (κ2) is 7.84. The smallest absolute Gasteiger partial charge is 0.326 e. The molecule has 0 aliphatic heterocycles. The van der Waals surface area contributed by atoms with E-state index in [4.69, 9.17) is 5.11 Å². The van der Waals surface area contributed by atoms with Crippen LogP contribution in [0.2, 0.25) is 0 Å². The van der Waals surface area contributed by atoms with Crippen LogP contribution in [0.4, 0.5) is 8.78 Å². The summed E-state index contributed by atoms with van der Waals surface area (Å²) >= 11 is 1.48. The minimum Gasteiger partial charge on any atom is -0.480 e. The molecule has 0 heterocycles. The highest BCUT2D eigenvalue weighted by Gasteiger charge is 2.19. The summed E-state index contributed by atoms with van der Waals surface area (Å²) in [5.74, 6) is -3.07. The first-order chi connectivity index (χ1) is 9.43. The van der Waals surface area contributed by atoms with Crippen molar-refractivity contribution in [2.45, 2.75) is 18.9 Å². The third-order valence-electron chi connectivity index (χ3n) is 2.59. The highest BCUT2D eigenvalue weighted by atomic mass is 32.2. The Labute approximate surface area is 119 Å². The molecule has 1 aromatic carbocycles. The highest BCUT2D eigenvalue weighted by Crippen LogP contribution is 2.09. The van der Waals surface area contributed by atoms with Gasteiger partial charge in [0.1, 0.15) is 6.04 Å². The van der Waals surface area contributed by atoms with Gasteiger partial charge in [-0.1, -0.05) is 6.07 Å². The van der Waals surface area contributed by atoms with E-state index in [1.165, 1.54) is 17.8 Å². The molecule has 0 saturated carbocycles. The van der Waals surface area contributed by atoms with Crippen LogP contribution >= 0.6 is 11.8 Å². The molecule has 1 rings (SSSR count). The fourth-order valence-electron chi connectivity index (χ4n) is 1.57. The molecule has 7 heteroatoms. The maximum atomic E-state index is 13.0. The van der Waals surface area contributed by atoms with Gasteiger partial charge in [-0.05, 0) is 36.1 Å². The number of rotatable bonds is 7. The fraction of sp³-hybridized carbons (Fsp3) is 0.385. The Hall–Kier alpha value is -1.63. The van der Waals surface area contributed by atoms with Gasteiger partial charge in [-0.25, -0.2) is 13.6 Å². The van der Waals surface area contributed by atoms with Crippen LogP contribution in [0.25, 0.3) is 0 Å². The lowest BCUT2D eigenvalue weighted by atomic mass is 10.1. The Bertz CT molecular complexity index is 497. The van der Waals surface area contributed by atoms with Crippen molar-refractivity contribution < 1.29 is 23.5 Å². The quantitative estimate of drug-likeness (QED) is 0.806. The van der Waals surface area contributed by atoms with Crippen molar-refractivity contribution in [3.8, 4) is 0 Å². The average Bonchev–Trinajstić information content (AvgIpc) is 2.38. The number of aliphatic carboxylic acids is 1. The molecule has 1 amide bonds. The molecule has 20 heavy (non-hydrogen) atoms. The van der Waals surface area contributed by atoms with Gasteiger partial charge in [0.25, 0.3) is 0 Å². The molecule has 1 aromatic rings. The number of nitrogens with one attached hydrogen (secondary N) is 1. The summed E-state index contributed by atoms with van der Waals surface area (Å²) in [6, 6.07) is 2.17. The monoisotopic (exact) mass is 303 g/mol. The second-order valence-electron chi connectivity index (χ2n) is 4.17. The van der Waals surface area contributed by atoms with Gasteiger partial charge < -0.3 is 10.4 Å². The molecule has 0 aliphatic carbocycles. The minimum atomic E-state index is -1.11. The molecule has 2 N–H and O–H groups in total. The van der Waals surface area contributed by atoms with Gasteiger partial charge in [0, 0.05) is 0 Å². The zero-order valence-electron chi connectivity index (χ0n) is 10.9. The Kier molecular flexibility index (Phi) is 6.44. The standard InChI is InChI=1S/C13H15F2NO3S/c1-20-5-4-11(13(18)19)16-12(17)7-8-2-3-9(14)10(15)6-8/h2-3,6,11H,4-5,7H2,1H3,(H,16,17)(H,18,19)/t11-/m0/s1. The Balaban J connectivity index is 2.60. The van der Waals surface area contributed by atoms with Crippen molar-refractivity contribution in [1.82, 2.24) is 5.32 Å². The molecule has 0 aromatic heterocycles. The summed E-state index contributed by atoms with van der Waals surface area (Å²) in [6.07, 6.45) is 1.95. The van der Waals surface area contributed by atoms with Gasteiger partial charge in [-0.15, -0.1) is 0 Å². The number of carbonyl (C=O) groups excluding carboxylic acids is 1. The number of carboxylic acid groups (broad SMARTS) is 1. The highest BCUT2D eigenvalue weighted by molar-refractivity contribution is 7.98. The van der Waals surface area contributed by atoms with Crippen molar-refractivity contribution in [3.63, 3.8) is 0 Å². The van der Waals surface area contributed by atoms with E-state index in [0.29, 0.717) is 12.2 Å². The normalized spacial score (nSPS) is 11.9. The van der Waals surface area contributed by atoms with E-state index in [2.05, 4.69) is 5.32 Å². The Morgan fingerprint density at radius 3 is 2.60 bits per heavy atom. The predicted octanol–water partition coefficient (Wildman–Crippen LogP) is 1.83. The second-order valence-corrected chi connectivity index (χ2v) is 5.15. The maximum Gasteiger partial charge on any atom is 0.326 e. The van der Waals surface area contributed by atoms with Crippen LogP contribution < -0.4 is 5.32 Å². The molecule has 0 aliphatic rings. The lowest BCUT2D eigenvalue weighted by Crippen LogP contribution is -2.41. The summed E-state index contributed by atoms with van der Waals surface area (Å²) in [5.41, 5.74) is 0.287. The summed E-state index contributed by atoms with van der Waals surface area (Å²) in [6.45, 7) is 0. The Morgan fingerprint density at radius 1 is 1.35 bits per heavy atom. The van der Waals surface area contributed by atoms with Gasteiger partial charge in [0.05, 0.1) is 6.42 Å². The van der Waals surface area contributed by atoms with Crippen molar-refractivity contribution >= 4 is 23.6 Å². The van der Waals surface area contributed by atoms with Gasteiger partial charge in [-0.2, -0.15) is 11.8 Å². The van der Waals surface area contributed by atoms with Crippen LogP contribution in [0, 0.1) is 11.6 Å². The van der Waals surface area contributed by atoms with Crippen LogP contribution in [0.5, 0.6) is 0 Å². The average molecular weight is 303 g/mol. The SMILES string of the molecule is CSCC[C@H](NC(=O)Cc1ccc(F)c(F)c1)C(=O)O. The van der Waals surface area contributed by atoms with Gasteiger partial charge in [-0.3, -0.25) is 4.79 Å². The molecular weight excluding hydrogens is 288 g/mol. The molecule has 0 saturated heterocycles. The molecular formula is C13H15F2NO3S. The zero-order valence-corrected chi connectivity index (χ0v) is 11.7. The number of halogens is 2. The molecule has 4 nitrogen and oxygen atoms in total. The summed E-state index contributed by atoms with van der Waals surface area (Å²) in [4.78, 5) is 22.6. The van der Waals surface area contributed by atoms with Crippen LogP contribution in [0.15, 0.2) is 18.2 Å². The molecule has 0 spiro atoms.